The van der Waals surface area contributed by atoms with Crippen molar-refractivity contribution in [3.63, 3.8) is 0 Å². The average molecular weight is 322 g/mol. The largest absolute Gasteiger partial charge is 0.464 e. The topological polar surface area (TPSA) is 77.4 Å². The fourth-order valence-corrected chi connectivity index (χ4v) is 3.29. The van der Waals surface area contributed by atoms with Crippen LogP contribution in [0.5, 0.6) is 0 Å². The van der Waals surface area contributed by atoms with Gasteiger partial charge >= 0.3 is 5.97 Å². The summed E-state index contributed by atoms with van der Waals surface area (Å²) in [7, 11) is -0.930. The van der Waals surface area contributed by atoms with Crippen molar-refractivity contribution in [1.82, 2.24) is 4.57 Å². The van der Waals surface area contributed by atoms with Crippen molar-refractivity contribution in [2.75, 3.05) is 11.8 Å². The van der Waals surface area contributed by atoms with Crippen LogP contribution in [0.25, 0.3) is 0 Å². The molecular weight excluding hydrogens is 304 g/mol. The van der Waals surface area contributed by atoms with Crippen LogP contribution in [0.3, 0.4) is 0 Å². The molecule has 6 nitrogen and oxygen atoms in total. The van der Waals surface area contributed by atoms with E-state index in [0.29, 0.717) is 12.1 Å². The van der Waals surface area contributed by atoms with Gasteiger partial charge in [-0.15, -0.1) is 0 Å². The second-order valence-electron chi connectivity index (χ2n) is 4.78. The van der Waals surface area contributed by atoms with Gasteiger partial charge in [-0.3, -0.25) is 4.72 Å². The zero-order valence-electron chi connectivity index (χ0n) is 12.7. The summed E-state index contributed by atoms with van der Waals surface area (Å²) in [6.45, 7) is 1.95. The summed E-state index contributed by atoms with van der Waals surface area (Å²) in [6, 6.07) is 8.49. The second kappa shape index (κ2) is 6.23. The zero-order valence-corrected chi connectivity index (χ0v) is 13.5. The highest BCUT2D eigenvalue weighted by Crippen LogP contribution is 2.22. The maximum Gasteiger partial charge on any atom is 0.354 e. The number of para-hydroxylation sites is 1. The van der Waals surface area contributed by atoms with Gasteiger partial charge in [-0.05, 0) is 24.1 Å². The van der Waals surface area contributed by atoms with E-state index in [4.69, 9.17) is 0 Å². The van der Waals surface area contributed by atoms with Crippen molar-refractivity contribution in [2.24, 2.45) is 7.05 Å². The van der Waals surface area contributed by atoms with E-state index in [0.717, 1.165) is 5.56 Å². The van der Waals surface area contributed by atoms with Crippen LogP contribution in [0.1, 0.15) is 23.0 Å². The number of hydrogen-bond donors (Lipinski definition) is 1. The molecule has 0 radical (unpaired) electrons. The number of aromatic nitrogens is 1. The number of rotatable bonds is 5. The zero-order chi connectivity index (χ0) is 16.3. The van der Waals surface area contributed by atoms with Gasteiger partial charge in [-0.25, -0.2) is 13.2 Å². The van der Waals surface area contributed by atoms with Gasteiger partial charge in [-0.1, -0.05) is 25.1 Å². The summed E-state index contributed by atoms with van der Waals surface area (Å²) in [5.74, 6) is -0.585. The van der Waals surface area contributed by atoms with Crippen molar-refractivity contribution >= 4 is 21.7 Å². The number of nitrogens with zero attached hydrogens (tertiary/aromatic N) is 1. The van der Waals surface area contributed by atoms with Gasteiger partial charge in [0, 0.05) is 13.2 Å². The lowest BCUT2D eigenvalue weighted by Crippen LogP contribution is -2.13. The molecule has 22 heavy (non-hydrogen) atoms. The minimum absolute atomic E-state index is 0.0151. The second-order valence-corrected chi connectivity index (χ2v) is 6.46. The number of sulfonamides is 1. The van der Waals surface area contributed by atoms with Crippen LogP contribution in [0.2, 0.25) is 0 Å². The molecule has 7 heteroatoms. The average Bonchev–Trinajstić information content (AvgIpc) is 2.89. The lowest BCUT2D eigenvalue weighted by Gasteiger charge is -2.10. The number of esters is 1. The molecule has 1 aromatic heterocycles. The molecule has 1 aromatic carbocycles. The van der Waals surface area contributed by atoms with E-state index < -0.39 is 16.0 Å². The van der Waals surface area contributed by atoms with Gasteiger partial charge in [0.2, 0.25) is 0 Å². The summed E-state index contributed by atoms with van der Waals surface area (Å²) in [5, 5.41) is 0. The molecule has 0 aliphatic carbocycles. The predicted molar refractivity (Wildman–Crippen MR) is 83.4 cm³/mol. The van der Waals surface area contributed by atoms with Crippen LogP contribution in [-0.2, 0) is 28.2 Å². The Morgan fingerprint density at radius 1 is 1.32 bits per heavy atom. The Labute approximate surface area is 129 Å². The van der Waals surface area contributed by atoms with Gasteiger partial charge < -0.3 is 9.30 Å². The lowest BCUT2D eigenvalue weighted by molar-refractivity contribution is 0.0590. The maximum absolute atomic E-state index is 12.5. The number of carbonyl (C=O) groups excluding carboxylic acids is 1. The van der Waals surface area contributed by atoms with Gasteiger partial charge in [-0.2, -0.15) is 0 Å². The molecule has 0 aliphatic heterocycles. The van der Waals surface area contributed by atoms with Gasteiger partial charge in [0.1, 0.15) is 10.6 Å². The summed E-state index contributed by atoms with van der Waals surface area (Å²) < 4.78 is 33.5. The Kier molecular flexibility index (Phi) is 4.56. The molecule has 0 aliphatic rings. The lowest BCUT2D eigenvalue weighted by atomic mass is 10.1. The van der Waals surface area contributed by atoms with Gasteiger partial charge in [0.05, 0.1) is 12.8 Å². The van der Waals surface area contributed by atoms with Crippen LogP contribution in [-0.4, -0.2) is 26.1 Å². The van der Waals surface area contributed by atoms with E-state index >= 15 is 0 Å². The summed E-state index contributed by atoms with van der Waals surface area (Å²) in [5.41, 5.74) is 1.61. The first kappa shape index (κ1) is 16.1. The molecule has 0 saturated heterocycles. The van der Waals surface area contributed by atoms with E-state index in [-0.39, 0.29) is 10.6 Å². The van der Waals surface area contributed by atoms with E-state index in [2.05, 4.69) is 9.46 Å². The first-order chi connectivity index (χ1) is 10.4. The van der Waals surface area contributed by atoms with Gasteiger partial charge in [0.15, 0.2) is 0 Å². The van der Waals surface area contributed by atoms with Crippen LogP contribution < -0.4 is 4.72 Å². The molecule has 2 aromatic rings. The van der Waals surface area contributed by atoms with Crippen molar-refractivity contribution in [2.45, 2.75) is 18.2 Å². The Morgan fingerprint density at radius 2 is 2.00 bits per heavy atom. The van der Waals surface area contributed by atoms with Crippen molar-refractivity contribution in [3.8, 4) is 0 Å². The molecule has 1 N–H and O–H groups in total. The molecular formula is C15H18N2O4S. The number of aryl methyl sites for hydroxylation is 2. The highest BCUT2D eigenvalue weighted by Gasteiger charge is 2.21. The first-order valence-corrected chi connectivity index (χ1v) is 8.22. The van der Waals surface area contributed by atoms with E-state index in [1.54, 1.807) is 19.2 Å². The Morgan fingerprint density at radius 3 is 2.64 bits per heavy atom. The normalized spacial score (nSPS) is 11.2. The molecule has 0 spiro atoms. The van der Waals surface area contributed by atoms with Gasteiger partial charge in [0.25, 0.3) is 10.0 Å². The number of hydrogen-bond acceptors (Lipinski definition) is 4. The SMILES string of the molecule is CCc1ccccc1NS(=O)(=O)c1cc(C(=O)OC)n(C)c1. The highest BCUT2D eigenvalue weighted by molar-refractivity contribution is 7.92. The van der Waals surface area contributed by atoms with Crippen LogP contribution >= 0.6 is 0 Å². The Balaban J connectivity index is 2.37. The molecule has 118 valence electrons. The monoisotopic (exact) mass is 322 g/mol. The third kappa shape index (κ3) is 3.14. The molecule has 1 heterocycles. The van der Waals surface area contributed by atoms with Crippen molar-refractivity contribution in [3.05, 3.63) is 47.8 Å². The minimum Gasteiger partial charge on any atom is -0.464 e. The predicted octanol–water partition coefficient (Wildman–Crippen LogP) is 2.17. The minimum atomic E-state index is -3.77. The first-order valence-electron chi connectivity index (χ1n) is 6.74. The van der Waals surface area contributed by atoms with Crippen molar-refractivity contribution in [1.29, 1.82) is 0 Å². The van der Waals surface area contributed by atoms with E-state index in [9.17, 15) is 13.2 Å². The third-order valence-corrected chi connectivity index (χ3v) is 4.66. The molecule has 0 atom stereocenters. The van der Waals surface area contributed by atoms with Crippen LogP contribution in [0.15, 0.2) is 41.4 Å². The number of methoxy groups -OCH3 is 1. The summed E-state index contributed by atoms with van der Waals surface area (Å²) in [4.78, 5) is 11.6. The number of anilines is 1. The third-order valence-electron chi connectivity index (χ3n) is 3.33. The highest BCUT2D eigenvalue weighted by atomic mass is 32.2. The Hall–Kier alpha value is -2.28. The van der Waals surface area contributed by atoms with E-state index in [1.165, 1.54) is 23.9 Å². The molecule has 0 saturated carbocycles. The maximum atomic E-state index is 12.5. The standard InChI is InChI=1S/C15H18N2O4S/c1-4-11-7-5-6-8-13(11)16-22(19,20)12-9-14(15(18)21-3)17(2)10-12/h5-10,16H,4H2,1-3H3. The van der Waals surface area contributed by atoms with Crippen LogP contribution in [0, 0.1) is 0 Å². The summed E-state index contributed by atoms with van der Waals surface area (Å²) >= 11 is 0. The molecule has 0 bridgehead atoms. The molecule has 0 amide bonds. The van der Waals surface area contributed by atoms with Crippen molar-refractivity contribution < 1.29 is 17.9 Å². The molecule has 2 rings (SSSR count). The fraction of sp³-hybridized carbons (Fsp3) is 0.267. The quantitative estimate of drug-likeness (QED) is 0.856. The van der Waals surface area contributed by atoms with Crippen LogP contribution in [0.4, 0.5) is 5.69 Å². The Bertz CT molecular complexity index is 794. The number of ether oxygens (including phenoxy) is 1. The number of nitrogens with one attached hydrogen (secondary N) is 1. The number of carbonyl (C=O) groups is 1. The summed E-state index contributed by atoms with van der Waals surface area (Å²) in [6.07, 6.45) is 2.09. The fourth-order valence-electron chi connectivity index (χ4n) is 2.12. The molecule has 0 unspecified atom stereocenters. The number of benzene rings is 1. The smallest absolute Gasteiger partial charge is 0.354 e. The van der Waals surface area contributed by atoms with E-state index in [1.807, 2.05) is 19.1 Å². The molecule has 0 fully saturated rings.